The lowest BCUT2D eigenvalue weighted by atomic mass is 10.1. The van der Waals surface area contributed by atoms with Gasteiger partial charge in [0.1, 0.15) is 12.3 Å². The molecule has 0 spiro atoms. The molecule has 142 valence electrons. The van der Waals surface area contributed by atoms with Crippen LogP contribution in [0.2, 0.25) is 0 Å². The molecule has 8 heteroatoms. The van der Waals surface area contributed by atoms with Crippen LogP contribution in [0.1, 0.15) is 5.56 Å². The van der Waals surface area contributed by atoms with Gasteiger partial charge in [0.05, 0.1) is 24.2 Å². The summed E-state index contributed by atoms with van der Waals surface area (Å²) >= 11 is 0. The van der Waals surface area contributed by atoms with E-state index < -0.39 is 0 Å². The minimum absolute atomic E-state index is 0.0471. The average molecular weight is 377 g/mol. The first-order chi connectivity index (χ1) is 13.7. The predicted molar refractivity (Wildman–Crippen MR) is 104 cm³/mol. The Morgan fingerprint density at radius 2 is 2.00 bits per heavy atom. The fourth-order valence-corrected chi connectivity index (χ4v) is 3.07. The number of fused-ring (bicyclic) bond motifs is 3. The molecule has 1 aromatic carbocycles. The molecule has 3 heterocycles. The standard InChI is InChI=1S/C20H19N5O3/c1-28-15-4-2-14(3-5-15)6-9-21-19(26)13-24-11-8-17-16(20(24)27)12-22-18-7-10-23-25(17)18/h2-5,7-8,10-12H,6,9,13H2,1H3,(H,21,26). The lowest BCUT2D eigenvalue weighted by Crippen LogP contribution is -2.33. The van der Waals surface area contributed by atoms with Gasteiger partial charge in [-0.3, -0.25) is 9.59 Å². The molecule has 0 unspecified atom stereocenters. The van der Waals surface area contributed by atoms with Crippen molar-refractivity contribution in [3.05, 3.63) is 70.9 Å². The van der Waals surface area contributed by atoms with Gasteiger partial charge >= 0.3 is 0 Å². The average Bonchev–Trinajstić information content (AvgIpc) is 3.20. The highest BCUT2D eigenvalue weighted by Gasteiger charge is 2.10. The van der Waals surface area contributed by atoms with Gasteiger partial charge in [-0.15, -0.1) is 0 Å². The Kier molecular flexibility index (Phi) is 4.76. The van der Waals surface area contributed by atoms with Gasteiger partial charge in [-0.05, 0) is 30.2 Å². The maximum Gasteiger partial charge on any atom is 0.262 e. The molecule has 0 bridgehead atoms. The Morgan fingerprint density at radius 1 is 1.18 bits per heavy atom. The molecule has 8 nitrogen and oxygen atoms in total. The third-order valence-corrected chi connectivity index (χ3v) is 4.57. The minimum Gasteiger partial charge on any atom is -0.497 e. The van der Waals surface area contributed by atoms with Crippen molar-refractivity contribution in [2.45, 2.75) is 13.0 Å². The fourth-order valence-electron chi connectivity index (χ4n) is 3.07. The van der Waals surface area contributed by atoms with Crippen LogP contribution in [0.25, 0.3) is 16.6 Å². The molecule has 1 amide bonds. The summed E-state index contributed by atoms with van der Waals surface area (Å²) in [7, 11) is 1.62. The number of carbonyl (C=O) groups is 1. The van der Waals surface area contributed by atoms with Crippen LogP contribution in [0.15, 0.2) is 59.8 Å². The number of hydrogen-bond donors (Lipinski definition) is 1. The molecule has 0 aliphatic carbocycles. The number of benzene rings is 1. The molecule has 28 heavy (non-hydrogen) atoms. The van der Waals surface area contributed by atoms with Crippen molar-refractivity contribution < 1.29 is 9.53 Å². The van der Waals surface area contributed by atoms with E-state index in [-0.39, 0.29) is 18.0 Å². The lowest BCUT2D eigenvalue weighted by molar-refractivity contribution is -0.121. The molecule has 0 aliphatic rings. The van der Waals surface area contributed by atoms with E-state index in [1.165, 1.54) is 10.8 Å². The van der Waals surface area contributed by atoms with Crippen LogP contribution in [0.5, 0.6) is 5.75 Å². The van der Waals surface area contributed by atoms with E-state index in [2.05, 4.69) is 15.4 Å². The smallest absolute Gasteiger partial charge is 0.262 e. The Bertz CT molecular complexity index is 1190. The topological polar surface area (TPSA) is 90.5 Å². The highest BCUT2D eigenvalue weighted by atomic mass is 16.5. The summed E-state index contributed by atoms with van der Waals surface area (Å²) in [6.45, 7) is 0.442. The molecule has 0 atom stereocenters. The van der Waals surface area contributed by atoms with Gasteiger partial charge in [-0.1, -0.05) is 12.1 Å². The zero-order valence-corrected chi connectivity index (χ0v) is 15.3. The summed E-state index contributed by atoms with van der Waals surface area (Å²) in [5.41, 5.74) is 2.16. The summed E-state index contributed by atoms with van der Waals surface area (Å²) in [5, 5.41) is 7.44. The van der Waals surface area contributed by atoms with E-state index in [4.69, 9.17) is 4.74 Å². The molecular weight excluding hydrogens is 358 g/mol. The van der Waals surface area contributed by atoms with Gasteiger partial charge in [-0.25, -0.2) is 9.50 Å². The minimum atomic E-state index is -0.271. The monoisotopic (exact) mass is 377 g/mol. The number of hydrogen-bond acceptors (Lipinski definition) is 5. The number of nitrogens with zero attached hydrogens (tertiary/aromatic N) is 4. The van der Waals surface area contributed by atoms with Gasteiger partial charge in [0.15, 0.2) is 5.65 Å². The molecule has 0 saturated heterocycles. The van der Waals surface area contributed by atoms with E-state index in [9.17, 15) is 9.59 Å². The Labute approximate surface area is 160 Å². The maximum absolute atomic E-state index is 12.7. The highest BCUT2D eigenvalue weighted by molar-refractivity contribution is 5.80. The number of nitrogens with one attached hydrogen (secondary N) is 1. The van der Waals surface area contributed by atoms with Gasteiger partial charge < -0.3 is 14.6 Å². The summed E-state index contributed by atoms with van der Waals surface area (Å²) in [6.07, 6.45) is 5.45. The number of amides is 1. The van der Waals surface area contributed by atoms with Crippen LogP contribution in [-0.2, 0) is 17.8 Å². The number of pyridine rings is 1. The largest absolute Gasteiger partial charge is 0.497 e. The van der Waals surface area contributed by atoms with Gasteiger partial charge in [-0.2, -0.15) is 5.10 Å². The van der Waals surface area contributed by atoms with Crippen molar-refractivity contribution in [3.63, 3.8) is 0 Å². The quantitative estimate of drug-likeness (QED) is 0.549. The van der Waals surface area contributed by atoms with E-state index in [1.54, 1.807) is 36.2 Å². The van der Waals surface area contributed by atoms with Crippen molar-refractivity contribution >= 4 is 22.5 Å². The zero-order chi connectivity index (χ0) is 19.5. The molecule has 0 saturated carbocycles. The molecule has 4 aromatic rings. The van der Waals surface area contributed by atoms with Gasteiger partial charge in [0, 0.05) is 25.0 Å². The first-order valence-electron chi connectivity index (χ1n) is 8.87. The SMILES string of the molecule is COc1ccc(CCNC(=O)Cn2ccc3c(cnc4ccnn43)c2=O)cc1. The Morgan fingerprint density at radius 3 is 2.79 bits per heavy atom. The van der Waals surface area contributed by atoms with Crippen LogP contribution in [0, 0.1) is 0 Å². The number of ether oxygens (including phenoxy) is 1. The Hall–Kier alpha value is -3.68. The molecule has 0 radical (unpaired) electrons. The summed E-state index contributed by atoms with van der Waals surface area (Å²) < 4.78 is 8.11. The van der Waals surface area contributed by atoms with E-state index in [0.29, 0.717) is 29.5 Å². The Balaban J connectivity index is 1.42. The van der Waals surface area contributed by atoms with Crippen molar-refractivity contribution in [1.82, 2.24) is 24.5 Å². The predicted octanol–water partition coefficient (Wildman–Crippen LogP) is 1.41. The van der Waals surface area contributed by atoms with Crippen molar-refractivity contribution in [1.29, 1.82) is 0 Å². The first-order valence-corrected chi connectivity index (χ1v) is 8.87. The molecule has 3 aromatic heterocycles. The second-order valence-corrected chi connectivity index (χ2v) is 6.36. The summed E-state index contributed by atoms with van der Waals surface area (Å²) in [5.74, 6) is 0.577. The third-order valence-electron chi connectivity index (χ3n) is 4.57. The normalized spacial score (nSPS) is 11.0. The van der Waals surface area contributed by atoms with Crippen molar-refractivity contribution in [3.8, 4) is 5.75 Å². The lowest BCUT2D eigenvalue weighted by Gasteiger charge is -2.09. The maximum atomic E-state index is 12.7. The number of carbonyl (C=O) groups excluding carboxylic acids is 1. The summed E-state index contributed by atoms with van der Waals surface area (Å²) in [4.78, 5) is 29.1. The van der Waals surface area contributed by atoms with Crippen molar-refractivity contribution in [2.24, 2.45) is 0 Å². The number of methoxy groups -OCH3 is 1. The molecule has 0 aliphatic heterocycles. The molecular formula is C20H19N5O3. The van der Waals surface area contributed by atoms with E-state index in [0.717, 1.165) is 11.3 Å². The molecule has 4 rings (SSSR count). The molecule has 1 N–H and O–H groups in total. The van der Waals surface area contributed by atoms with Gasteiger partial charge in [0.25, 0.3) is 5.56 Å². The second-order valence-electron chi connectivity index (χ2n) is 6.36. The zero-order valence-electron chi connectivity index (χ0n) is 15.3. The number of rotatable bonds is 6. The first kappa shape index (κ1) is 17.7. The highest BCUT2D eigenvalue weighted by Crippen LogP contribution is 2.12. The van der Waals surface area contributed by atoms with Crippen molar-refractivity contribution in [2.75, 3.05) is 13.7 Å². The van der Waals surface area contributed by atoms with Crippen LogP contribution in [0.4, 0.5) is 0 Å². The molecule has 0 fully saturated rings. The van der Waals surface area contributed by atoms with Crippen LogP contribution < -0.4 is 15.6 Å². The van der Waals surface area contributed by atoms with Crippen LogP contribution >= 0.6 is 0 Å². The van der Waals surface area contributed by atoms with Crippen LogP contribution in [-0.4, -0.2) is 38.7 Å². The van der Waals surface area contributed by atoms with Gasteiger partial charge in [0.2, 0.25) is 5.91 Å². The van der Waals surface area contributed by atoms with E-state index in [1.807, 2.05) is 24.3 Å². The fraction of sp³-hybridized carbons (Fsp3) is 0.200. The third kappa shape index (κ3) is 3.44. The van der Waals surface area contributed by atoms with Crippen LogP contribution in [0.3, 0.4) is 0 Å². The summed E-state index contributed by atoms with van der Waals surface area (Å²) in [6, 6.07) is 11.2. The second kappa shape index (κ2) is 7.51. The number of aromatic nitrogens is 4. The van der Waals surface area contributed by atoms with E-state index >= 15 is 0 Å².